The molecule has 3 aromatic rings. The van der Waals surface area contributed by atoms with Crippen molar-refractivity contribution >= 4 is 22.7 Å². The number of hydrogen-bond acceptors (Lipinski definition) is 2. The van der Waals surface area contributed by atoms with E-state index in [1.54, 1.807) is 4.90 Å². The molecule has 0 unspecified atom stereocenters. The topological polar surface area (TPSA) is 56.4 Å². The van der Waals surface area contributed by atoms with Crippen molar-refractivity contribution in [1.82, 2.24) is 14.8 Å². The summed E-state index contributed by atoms with van der Waals surface area (Å²) in [6.45, 7) is 7.34. The van der Waals surface area contributed by atoms with Crippen LogP contribution in [0.15, 0.2) is 54.7 Å². The van der Waals surface area contributed by atoms with Crippen LogP contribution >= 0.6 is 0 Å². The van der Waals surface area contributed by atoms with Crippen LogP contribution in [0, 0.1) is 12.8 Å². The van der Waals surface area contributed by atoms with Crippen LogP contribution in [0.2, 0.25) is 0 Å². The van der Waals surface area contributed by atoms with E-state index in [1.807, 2.05) is 37.1 Å². The van der Waals surface area contributed by atoms with Crippen LogP contribution in [0.25, 0.3) is 10.9 Å². The Bertz CT molecular complexity index is 1080. The van der Waals surface area contributed by atoms with Crippen LogP contribution in [0.4, 0.5) is 0 Å². The number of amides is 2. The average Bonchev–Trinajstić information content (AvgIpc) is 3.56. The van der Waals surface area contributed by atoms with Crippen molar-refractivity contribution in [2.24, 2.45) is 5.92 Å². The normalized spacial score (nSPS) is 13.5. The molecule has 1 fully saturated rings. The number of H-pyrrole nitrogens is 1. The van der Waals surface area contributed by atoms with Gasteiger partial charge in [-0.1, -0.05) is 48.0 Å². The second-order valence-electron chi connectivity index (χ2n) is 9.24. The van der Waals surface area contributed by atoms with Crippen LogP contribution in [0.3, 0.4) is 0 Å². The van der Waals surface area contributed by atoms with E-state index in [1.165, 1.54) is 16.5 Å². The van der Waals surface area contributed by atoms with Crippen LogP contribution < -0.4 is 0 Å². The van der Waals surface area contributed by atoms with E-state index in [0.29, 0.717) is 13.1 Å². The first-order valence-electron chi connectivity index (χ1n) is 11.6. The van der Waals surface area contributed by atoms with Crippen molar-refractivity contribution in [2.75, 3.05) is 13.1 Å². The van der Waals surface area contributed by atoms with Gasteiger partial charge in [0.25, 0.3) is 0 Å². The molecule has 1 saturated carbocycles. The number of aromatic amines is 1. The van der Waals surface area contributed by atoms with Gasteiger partial charge in [0, 0.05) is 42.1 Å². The molecule has 5 nitrogen and oxygen atoms in total. The SMILES string of the molecule is Cc1ccc(CN(CCc2c[nH]c3ccccc23)C(=O)CN(C(=O)C2CC2)C(C)C)cc1. The minimum absolute atomic E-state index is 0.00752. The molecule has 32 heavy (non-hydrogen) atoms. The monoisotopic (exact) mass is 431 g/mol. The predicted octanol–water partition coefficient (Wildman–Crippen LogP) is 4.69. The highest BCUT2D eigenvalue weighted by atomic mass is 16.2. The van der Waals surface area contributed by atoms with E-state index in [9.17, 15) is 9.59 Å². The largest absolute Gasteiger partial charge is 0.361 e. The van der Waals surface area contributed by atoms with Gasteiger partial charge in [-0.25, -0.2) is 0 Å². The van der Waals surface area contributed by atoms with Gasteiger partial charge in [-0.05, 0) is 57.2 Å². The fourth-order valence-corrected chi connectivity index (χ4v) is 4.13. The predicted molar refractivity (Wildman–Crippen MR) is 128 cm³/mol. The fraction of sp³-hybridized carbons (Fsp3) is 0.407. The molecule has 2 aromatic carbocycles. The van der Waals surface area contributed by atoms with Crippen LogP contribution in [0.5, 0.6) is 0 Å². The summed E-state index contributed by atoms with van der Waals surface area (Å²) in [5.41, 5.74) is 4.62. The Balaban J connectivity index is 1.51. The second kappa shape index (κ2) is 9.60. The average molecular weight is 432 g/mol. The van der Waals surface area contributed by atoms with E-state index in [-0.39, 0.29) is 30.3 Å². The smallest absolute Gasteiger partial charge is 0.242 e. The summed E-state index contributed by atoms with van der Waals surface area (Å²) >= 11 is 0. The Labute approximate surface area is 190 Å². The van der Waals surface area contributed by atoms with E-state index in [4.69, 9.17) is 0 Å². The molecule has 168 valence electrons. The quantitative estimate of drug-likeness (QED) is 0.534. The van der Waals surface area contributed by atoms with Gasteiger partial charge >= 0.3 is 0 Å². The molecule has 1 aliphatic rings. The zero-order valence-corrected chi connectivity index (χ0v) is 19.3. The fourth-order valence-electron chi connectivity index (χ4n) is 4.13. The molecule has 0 bridgehead atoms. The molecule has 0 radical (unpaired) electrons. The minimum Gasteiger partial charge on any atom is -0.361 e. The Morgan fingerprint density at radius 2 is 1.78 bits per heavy atom. The highest BCUT2D eigenvalue weighted by Crippen LogP contribution is 2.31. The van der Waals surface area contributed by atoms with Gasteiger partial charge in [0.2, 0.25) is 11.8 Å². The van der Waals surface area contributed by atoms with E-state index in [2.05, 4.69) is 48.3 Å². The number of nitrogens with zero attached hydrogens (tertiary/aromatic N) is 2. The number of para-hydroxylation sites is 1. The molecular weight excluding hydrogens is 398 g/mol. The summed E-state index contributed by atoms with van der Waals surface area (Å²) < 4.78 is 0. The van der Waals surface area contributed by atoms with Crippen molar-refractivity contribution in [2.45, 2.75) is 52.6 Å². The van der Waals surface area contributed by atoms with Gasteiger partial charge in [0.15, 0.2) is 0 Å². The van der Waals surface area contributed by atoms with Crippen LogP contribution in [0.1, 0.15) is 43.4 Å². The first-order chi connectivity index (χ1) is 15.4. The molecule has 0 aliphatic heterocycles. The van der Waals surface area contributed by atoms with Gasteiger partial charge in [-0.2, -0.15) is 0 Å². The first kappa shape index (κ1) is 22.1. The Kier molecular flexibility index (Phi) is 6.63. The lowest BCUT2D eigenvalue weighted by atomic mass is 10.1. The van der Waals surface area contributed by atoms with Crippen molar-refractivity contribution in [3.63, 3.8) is 0 Å². The Hall–Kier alpha value is -3.08. The van der Waals surface area contributed by atoms with Gasteiger partial charge in [0.05, 0.1) is 6.54 Å². The second-order valence-corrected chi connectivity index (χ2v) is 9.24. The minimum atomic E-state index is 0.00752. The Morgan fingerprint density at radius 1 is 1.06 bits per heavy atom. The van der Waals surface area contributed by atoms with Crippen molar-refractivity contribution in [1.29, 1.82) is 0 Å². The zero-order valence-electron chi connectivity index (χ0n) is 19.3. The van der Waals surface area contributed by atoms with E-state index >= 15 is 0 Å². The summed E-state index contributed by atoms with van der Waals surface area (Å²) in [5.74, 6) is 0.246. The standard InChI is InChI=1S/C27H33N3O2/c1-19(2)30(27(32)22-12-13-22)18-26(31)29(17-21-10-8-20(3)9-11-21)15-14-23-16-28-25-7-5-4-6-24(23)25/h4-11,16,19,22,28H,12-15,17-18H2,1-3H3. The molecule has 1 aromatic heterocycles. The van der Waals surface area contributed by atoms with Gasteiger partial charge in [-0.15, -0.1) is 0 Å². The summed E-state index contributed by atoms with van der Waals surface area (Å²) in [5, 5.41) is 1.20. The molecule has 1 N–H and O–H groups in total. The molecule has 0 atom stereocenters. The number of carbonyl (C=O) groups is 2. The lowest BCUT2D eigenvalue weighted by molar-refractivity contribution is -0.143. The summed E-state index contributed by atoms with van der Waals surface area (Å²) in [7, 11) is 0. The number of benzene rings is 2. The maximum absolute atomic E-state index is 13.4. The molecule has 0 spiro atoms. The highest BCUT2D eigenvalue weighted by molar-refractivity contribution is 5.87. The van der Waals surface area contributed by atoms with E-state index < -0.39 is 0 Å². The molecule has 1 aliphatic carbocycles. The summed E-state index contributed by atoms with van der Waals surface area (Å²) in [6, 6.07) is 16.6. The molecule has 4 rings (SSSR count). The number of rotatable bonds is 9. The number of aryl methyl sites for hydroxylation is 1. The lowest BCUT2D eigenvalue weighted by Gasteiger charge is -2.30. The maximum atomic E-state index is 13.4. The van der Waals surface area contributed by atoms with Crippen LogP contribution in [-0.2, 0) is 22.6 Å². The number of hydrogen-bond donors (Lipinski definition) is 1. The lowest BCUT2D eigenvalue weighted by Crippen LogP contribution is -2.46. The Morgan fingerprint density at radius 3 is 2.47 bits per heavy atom. The molecular formula is C27H33N3O2. The molecule has 5 heteroatoms. The van der Waals surface area contributed by atoms with Crippen molar-refractivity contribution in [3.05, 3.63) is 71.4 Å². The van der Waals surface area contributed by atoms with Crippen molar-refractivity contribution in [3.8, 4) is 0 Å². The maximum Gasteiger partial charge on any atom is 0.242 e. The highest BCUT2D eigenvalue weighted by Gasteiger charge is 2.35. The van der Waals surface area contributed by atoms with Crippen molar-refractivity contribution < 1.29 is 9.59 Å². The number of fused-ring (bicyclic) bond motifs is 1. The zero-order chi connectivity index (χ0) is 22.7. The van der Waals surface area contributed by atoms with Gasteiger partial charge < -0.3 is 14.8 Å². The third-order valence-electron chi connectivity index (χ3n) is 6.31. The number of nitrogens with one attached hydrogen (secondary N) is 1. The van der Waals surface area contributed by atoms with E-state index in [0.717, 1.165) is 30.3 Å². The van der Waals surface area contributed by atoms with Gasteiger partial charge in [-0.3, -0.25) is 9.59 Å². The first-order valence-corrected chi connectivity index (χ1v) is 11.6. The number of carbonyl (C=O) groups excluding carboxylic acids is 2. The molecule has 2 amide bonds. The third kappa shape index (κ3) is 5.21. The molecule has 0 saturated heterocycles. The van der Waals surface area contributed by atoms with Gasteiger partial charge in [0.1, 0.15) is 0 Å². The third-order valence-corrected chi connectivity index (χ3v) is 6.31. The summed E-state index contributed by atoms with van der Waals surface area (Å²) in [6.07, 6.45) is 4.70. The van der Waals surface area contributed by atoms with Crippen LogP contribution in [-0.4, -0.2) is 45.7 Å². The summed E-state index contributed by atoms with van der Waals surface area (Å²) in [4.78, 5) is 33.2. The number of aromatic nitrogens is 1. The molecule has 1 heterocycles.